The van der Waals surface area contributed by atoms with Crippen LogP contribution in [0.25, 0.3) is 10.8 Å². The first-order valence-electron chi connectivity index (χ1n) is 16.2. The second kappa shape index (κ2) is 14.9. The van der Waals surface area contributed by atoms with Crippen LogP contribution in [-0.4, -0.2) is 84.3 Å². The smallest absolute Gasteiger partial charge is 0.246 e. The quantitative estimate of drug-likeness (QED) is 0.269. The molecule has 3 aromatic rings. The van der Waals surface area contributed by atoms with Crippen LogP contribution in [0.2, 0.25) is 0 Å². The van der Waals surface area contributed by atoms with Crippen molar-refractivity contribution in [2.24, 2.45) is 5.92 Å². The maximum Gasteiger partial charge on any atom is 0.246 e. The molecule has 5 rings (SSSR count). The van der Waals surface area contributed by atoms with Crippen LogP contribution in [0.15, 0.2) is 66.7 Å². The van der Waals surface area contributed by atoms with Gasteiger partial charge in [0.15, 0.2) is 0 Å². The van der Waals surface area contributed by atoms with Crippen LogP contribution in [0.3, 0.4) is 0 Å². The molecule has 46 heavy (non-hydrogen) atoms. The summed E-state index contributed by atoms with van der Waals surface area (Å²) in [5, 5.41) is 10.8. The molecular formula is C36H44FN5O4. The molecule has 3 atom stereocenters. The third-order valence-electron chi connectivity index (χ3n) is 8.74. The highest BCUT2D eigenvalue weighted by atomic mass is 19.1. The van der Waals surface area contributed by atoms with Gasteiger partial charge in [0, 0.05) is 32.0 Å². The van der Waals surface area contributed by atoms with Crippen molar-refractivity contribution in [1.29, 1.82) is 0 Å². The van der Waals surface area contributed by atoms with Gasteiger partial charge < -0.3 is 25.8 Å². The maximum atomic E-state index is 14.4. The van der Waals surface area contributed by atoms with E-state index >= 15 is 0 Å². The Kier molecular flexibility index (Phi) is 10.7. The second-order valence-corrected chi connectivity index (χ2v) is 12.8. The Bertz CT molecular complexity index is 1560. The van der Waals surface area contributed by atoms with Crippen molar-refractivity contribution >= 4 is 34.4 Å². The summed E-state index contributed by atoms with van der Waals surface area (Å²) < 4.78 is 13.6. The minimum Gasteiger partial charge on any atom is -0.352 e. The highest BCUT2D eigenvalue weighted by Gasteiger charge is 2.45. The Balaban J connectivity index is 1.41. The molecule has 4 amide bonds. The number of carbonyl (C=O) groups is 4. The number of halogens is 1. The highest BCUT2D eigenvalue weighted by Crippen LogP contribution is 2.36. The molecular weight excluding hydrogens is 585 g/mol. The predicted molar refractivity (Wildman–Crippen MR) is 175 cm³/mol. The monoisotopic (exact) mass is 629 g/mol. The van der Waals surface area contributed by atoms with E-state index in [-0.39, 0.29) is 55.7 Å². The largest absolute Gasteiger partial charge is 0.352 e. The number of hydrogen-bond acceptors (Lipinski definition) is 5. The lowest BCUT2D eigenvalue weighted by Gasteiger charge is -2.44. The van der Waals surface area contributed by atoms with Crippen molar-refractivity contribution in [2.75, 3.05) is 26.7 Å². The zero-order chi connectivity index (χ0) is 32.8. The van der Waals surface area contributed by atoms with E-state index in [0.717, 1.165) is 29.2 Å². The molecule has 3 aromatic carbocycles. The van der Waals surface area contributed by atoms with Gasteiger partial charge in [-0.1, -0.05) is 67.4 Å². The number of piperazine rings is 1. The Hall–Kier alpha value is -4.31. The van der Waals surface area contributed by atoms with E-state index < -0.39 is 23.9 Å². The molecule has 1 aliphatic carbocycles. The summed E-state index contributed by atoms with van der Waals surface area (Å²) in [7, 11) is 1.64. The van der Waals surface area contributed by atoms with Crippen molar-refractivity contribution in [3.8, 4) is 0 Å². The number of nitrogens with one attached hydrogen (secondary N) is 3. The van der Waals surface area contributed by atoms with Gasteiger partial charge in [0.05, 0.1) is 6.54 Å². The topological polar surface area (TPSA) is 111 Å². The molecule has 0 radical (unpaired) electrons. The van der Waals surface area contributed by atoms with Crippen LogP contribution in [-0.2, 0) is 32.0 Å². The zero-order valence-electron chi connectivity index (χ0n) is 26.8. The van der Waals surface area contributed by atoms with Gasteiger partial charge in [-0.3, -0.25) is 19.2 Å². The van der Waals surface area contributed by atoms with Crippen molar-refractivity contribution < 1.29 is 23.6 Å². The predicted octanol–water partition coefficient (Wildman–Crippen LogP) is 3.20. The number of benzene rings is 3. The number of carbonyl (C=O) groups excluding carboxylic acids is 4. The fraction of sp³-hybridized carbons (Fsp3) is 0.444. The number of rotatable bonds is 13. The minimum atomic E-state index is -0.940. The van der Waals surface area contributed by atoms with Crippen LogP contribution in [0, 0.1) is 11.7 Å². The lowest BCUT2D eigenvalue weighted by Crippen LogP contribution is -2.66. The van der Waals surface area contributed by atoms with Gasteiger partial charge >= 0.3 is 0 Å². The first-order chi connectivity index (χ1) is 22.1. The van der Waals surface area contributed by atoms with Crippen LogP contribution >= 0.6 is 0 Å². The standard InChI is InChI=1S/C36H44FN5O4/c1-23(2)39-34(44)31(21-26-10-13-27-6-4-5-7-28(27)18-26)41-16-17-42(32(36(41)46)20-25-8-9-25)35(45)30(40-33(43)22-38-3)19-24-11-14-29(37)15-12-24/h4-7,10-15,18,23,25,30-32,38H,8-9,16-17,19-22H2,1-3H3,(H,39,44)(H,40,43). The Labute approximate surface area is 269 Å². The molecule has 1 saturated heterocycles. The van der Waals surface area contributed by atoms with E-state index in [4.69, 9.17) is 0 Å². The van der Waals surface area contributed by atoms with Gasteiger partial charge in [-0.05, 0) is 67.3 Å². The summed E-state index contributed by atoms with van der Waals surface area (Å²) in [5.41, 5.74) is 1.63. The summed E-state index contributed by atoms with van der Waals surface area (Å²) in [6, 6.07) is 17.4. The third kappa shape index (κ3) is 8.28. The Morgan fingerprint density at radius 3 is 2.26 bits per heavy atom. The first kappa shape index (κ1) is 33.1. The molecule has 1 saturated carbocycles. The molecule has 0 spiro atoms. The van der Waals surface area contributed by atoms with Crippen LogP contribution in [0.5, 0.6) is 0 Å². The van der Waals surface area contributed by atoms with Gasteiger partial charge in [-0.2, -0.15) is 0 Å². The zero-order valence-corrected chi connectivity index (χ0v) is 26.8. The van der Waals surface area contributed by atoms with Gasteiger partial charge in [-0.15, -0.1) is 0 Å². The lowest BCUT2D eigenvalue weighted by atomic mass is 9.96. The van der Waals surface area contributed by atoms with E-state index in [1.165, 1.54) is 12.1 Å². The third-order valence-corrected chi connectivity index (χ3v) is 8.74. The van der Waals surface area contributed by atoms with Crippen molar-refractivity contribution in [3.05, 3.63) is 83.7 Å². The molecule has 3 unspecified atom stereocenters. The molecule has 9 nitrogen and oxygen atoms in total. The normalized spacial score (nSPS) is 18.0. The molecule has 2 fully saturated rings. The van der Waals surface area contributed by atoms with Gasteiger partial charge in [0.1, 0.15) is 23.9 Å². The van der Waals surface area contributed by atoms with Crippen molar-refractivity contribution in [3.63, 3.8) is 0 Å². The summed E-state index contributed by atoms with van der Waals surface area (Å²) in [5.74, 6) is -1.26. The fourth-order valence-corrected chi connectivity index (χ4v) is 6.25. The van der Waals surface area contributed by atoms with Gasteiger partial charge in [0.2, 0.25) is 23.6 Å². The number of fused-ring (bicyclic) bond motifs is 1. The molecule has 244 valence electrons. The van der Waals surface area contributed by atoms with Crippen LogP contribution < -0.4 is 16.0 Å². The van der Waals surface area contributed by atoms with E-state index in [2.05, 4.69) is 22.0 Å². The average molecular weight is 630 g/mol. The summed E-state index contributed by atoms with van der Waals surface area (Å²) in [6.07, 6.45) is 2.96. The van der Waals surface area contributed by atoms with E-state index in [1.807, 2.05) is 50.2 Å². The summed E-state index contributed by atoms with van der Waals surface area (Å²) >= 11 is 0. The SMILES string of the molecule is CNCC(=O)NC(Cc1ccc(F)cc1)C(=O)N1CCN(C(Cc2ccc3ccccc3c2)C(=O)NC(C)C)C(=O)C1CC1CC1. The van der Waals surface area contributed by atoms with Crippen LogP contribution in [0.4, 0.5) is 4.39 Å². The van der Waals surface area contributed by atoms with Gasteiger partial charge in [-0.25, -0.2) is 4.39 Å². The highest BCUT2D eigenvalue weighted by molar-refractivity contribution is 5.96. The molecule has 1 aliphatic heterocycles. The number of likely N-dealkylation sites (N-methyl/N-ethyl adjacent to an activating group) is 1. The second-order valence-electron chi connectivity index (χ2n) is 12.8. The number of amides is 4. The average Bonchev–Trinajstić information content (AvgIpc) is 3.85. The van der Waals surface area contributed by atoms with E-state index in [0.29, 0.717) is 24.3 Å². The minimum absolute atomic E-state index is 0.0207. The fourth-order valence-electron chi connectivity index (χ4n) is 6.25. The van der Waals surface area contributed by atoms with Crippen molar-refractivity contribution in [1.82, 2.24) is 25.8 Å². The van der Waals surface area contributed by atoms with E-state index in [9.17, 15) is 23.6 Å². The summed E-state index contributed by atoms with van der Waals surface area (Å²) in [4.78, 5) is 58.2. The molecule has 10 heteroatoms. The molecule has 1 heterocycles. The van der Waals surface area contributed by atoms with Crippen molar-refractivity contribution in [2.45, 2.75) is 70.1 Å². The maximum absolute atomic E-state index is 14.4. The summed E-state index contributed by atoms with van der Waals surface area (Å²) in [6.45, 7) is 4.22. The van der Waals surface area contributed by atoms with Gasteiger partial charge in [0.25, 0.3) is 0 Å². The molecule has 2 aliphatic rings. The Morgan fingerprint density at radius 1 is 0.891 bits per heavy atom. The lowest BCUT2D eigenvalue weighted by molar-refractivity contribution is -0.157. The first-order valence-corrected chi connectivity index (χ1v) is 16.2. The Morgan fingerprint density at radius 2 is 1.59 bits per heavy atom. The molecule has 3 N–H and O–H groups in total. The van der Waals surface area contributed by atoms with Crippen LogP contribution in [0.1, 0.15) is 44.2 Å². The number of nitrogens with zero attached hydrogens (tertiary/aromatic N) is 2. The molecule has 0 bridgehead atoms. The molecule has 0 aromatic heterocycles. The van der Waals surface area contributed by atoms with E-state index in [1.54, 1.807) is 29.0 Å². The number of hydrogen-bond donors (Lipinski definition) is 3.